The smallest absolute Gasteiger partial charge is 0.132 e. The number of nitrogens with zero attached hydrogens (tertiary/aromatic N) is 3. The number of aryl methyl sites for hydroxylation is 2. The lowest BCUT2D eigenvalue weighted by molar-refractivity contribution is 0.550. The normalized spacial score (nSPS) is 11.9. The molecule has 0 aliphatic rings. The maximum Gasteiger partial charge on any atom is 0.132 e. The molecule has 0 bridgehead atoms. The lowest BCUT2D eigenvalue weighted by Crippen LogP contribution is -2.06. The number of nitrogens with one attached hydrogen (secondary N) is 2. The molecule has 0 saturated heterocycles. The van der Waals surface area contributed by atoms with E-state index in [-0.39, 0.29) is 0 Å². The number of hydrogen-bond acceptors (Lipinski definition) is 4. The van der Waals surface area contributed by atoms with E-state index >= 15 is 0 Å². The summed E-state index contributed by atoms with van der Waals surface area (Å²) in [6, 6.07) is 21.5. The molecule has 1 atom stereocenters. The average molecular weight is 496 g/mol. The van der Waals surface area contributed by atoms with Crippen molar-refractivity contribution >= 4 is 5.69 Å². The Balaban J connectivity index is 1.45. The molecule has 37 heavy (non-hydrogen) atoms. The average Bonchev–Trinajstić information content (AvgIpc) is 3.46. The monoisotopic (exact) mass is 495 g/mol. The lowest BCUT2D eigenvalue weighted by Gasteiger charge is -2.14. The van der Waals surface area contributed by atoms with Crippen LogP contribution >= 0.6 is 0 Å². The highest BCUT2D eigenvalue weighted by Crippen LogP contribution is 2.26. The van der Waals surface area contributed by atoms with Crippen LogP contribution in [-0.2, 0) is 19.4 Å². The first kappa shape index (κ1) is 26.6. The Kier molecular flexibility index (Phi) is 10.3. The molecular formula is C32H41N5. The van der Waals surface area contributed by atoms with E-state index in [9.17, 15) is 0 Å². The third-order valence-electron chi connectivity index (χ3n) is 6.91. The first-order valence-corrected chi connectivity index (χ1v) is 14.0. The van der Waals surface area contributed by atoms with Gasteiger partial charge in [-0.2, -0.15) is 0 Å². The second-order valence-corrected chi connectivity index (χ2v) is 10.0. The number of benzene rings is 2. The second kappa shape index (κ2) is 14.3. The van der Waals surface area contributed by atoms with Gasteiger partial charge in [0.1, 0.15) is 11.6 Å². The van der Waals surface area contributed by atoms with Crippen LogP contribution in [0.3, 0.4) is 0 Å². The molecule has 0 fully saturated rings. The van der Waals surface area contributed by atoms with Gasteiger partial charge in [-0.15, -0.1) is 0 Å². The summed E-state index contributed by atoms with van der Waals surface area (Å²) in [6.45, 7) is 5.22. The summed E-state index contributed by atoms with van der Waals surface area (Å²) in [4.78, 5) is 17.5. The molecule has 1 unspecified atom stereocenters. The van der Waals surface area contributed by atoms with Crippen LogP contribution < -0.4 is 5.32 Å². The van der Waals surface area contributed by atoms with Crippen LogP contribution in [-0.4, -0.2) is 19.9 Å². The zero-order valence-electron chi connectivity index (χ0n) is 22.4. The van der Waals surface area contributed by atoms with Crippen LogP contribution in [0.2, 0.25) is 0 Å². The van der Waals surface area contributed by atoms with Crippen molar-refractivity contribution in [2.75, 3.05) is 5.32 Å². The predicted molar refractivity (Wildman–Crippen MR) is 154 cm³/mol. The van der Waals surface area contributed by atoms with Crippen molar-refractivity contribution in [1.29, 1.82) is 0 Å². The van der Waals surface area contributed by atoms with Gasteiger partial charge < -0.3 is 10.3 Å². The number of H-pyrrole nitrogens is 1. The molecule has 2 N–H and O–H groups in total. The fourth-order valence-electron chi connectivity index (χ4n) is 4.66. The van der Waals surface area contributed by atoms with E-state index < -0.39 is 0 Å². The van der Waals surface area contributed by atoms with E-state index in [1.165, 1.54) is 37.7 Å². The van der Waals surface area contributed by atoms with Crippen LogP contribution in [0.5, 0.6) is 0 Å². The second-order valence-electron chi connectivity index (χ2n) is 10.0. The number of rotatable bonds is 15. The molecule has 5 nitrogen and oxygen atoms in total. The Labute approximate surface area is 222 Å². The summed E-state index contributed by atoms with van der Waals surface area (Å²) in [7, 11) is 0. The minimum atomic E-state index is 0.365. The van der Waals surface area contributed by atoms with E-state index in [0.717, 1.165) is 60.0 Å². The minimum Gasteiger partial charge on any atom is -0.378 e. The molecule has 2 aromatic carbocycles. The summed E-state index contributed by atoms with van der Waals surface area (Å²) < 4.78 is 0. The largest absolute Gasteiger partial charge is 0.378 e. The van der Waals surface area contributed by atoms with Gasteiger partial charge in [-0.25, -0.2) is 15.0 Å². The number of aromatic amines is 1. The number of imidazole rings is 1. The number of anilines is 1. The Morgan fingerprint density at radius 1 is 0.865 bits per heavy atom. The summed E-state index contributed by atoms with van der Waals surface area (Å²) in [5.74, 6) is 2.28. The predicted octanol–water partition coefficient (Wildman–Crippen LogP) is 8.12. The summed E-state index contributed by atoms with van der Waals surface area (Å²) in [5.41, 5.74) is 5.75. The maximum atomic E-state index is 5.05. The van der Waals surface area contributed by atoms with Gasteiger partial charge in [0.25, 0.3) is 0 Å². The van der Waals surface area contributed by atoms with Crippen molar-refractivity contribution < 1.29 is 0 Å². The summed E-state index contributed by atoms with van der Waals surface area (Å²) in [6.07, 6.45) is 14.4. The van der Waals surface area contributed by atoms with Crippen molar-refractivity contribution in [2.24, 2.45) is 0 Å². The van der Waals surface area contributed by atoms with Crippen LogP contribution in [0.1, 0.15) is 87.6 Å². The Morgan fingerprint density at radius 3 is 2.43 bits per heavy atom. The molecule has 5 heteroatoms. The third-order valence-corrected chi connectivity index (χ3v) is 6.91. The van der Waals surface area contributed by atoms with Crippen LogP contribution in [0, 0.1) is 0 Å². The quantitative estimate of drug-likeness (QED) is 0.163. The van der Waals surface area contributed by atoms with Crippen LogP contribution in [0.15, 0.2) is 73.1 Å². The molecule has 0 radical (unpaired) electrons. The maximum absolute atomic E-state index is 5.05. The Hall–Kier alpha value is -3.47. The zero-order valence-corrected chi connectivity index (χ0v) is 22.4. The van der Waals surface area contributed by atoms with Crippen LogP contribution in [0.25, 0.3) is 11.3 Å². The SMILES string of the molecule is CCCCCCCC(C)c1nc(CCCc2ccccc2)cc(-c2ccc(NCc3ncc[nH]3)cc2)n1. The summed E-state index contributed by atoms with van der Waals surface area (Å²) >= 11 is 0. The van der Waals surface area contributed by atoms with Crippen molar-refractivity contribution in [3.63, 3.8) is 0 Å². The van der Waals surface area contributed by atoms with Gasteiger partial charge in [0.05, 0.1) is 12.2 Å². The van der Waals surface area contributed by atoms with Gasteiger partial charge in [0, 0.05) is 35.3 Å². The van der Waals surface area contributed by atoms with Gasteiger partial charge in [-0.1, -0.05) is 88.4 Å². The van der Waals surface area contributed by atoms with E-state index in [1.54, 1.807) is 6.20 Å². The van der Waals surface area contributed by atoms with Crippen LogP contribution in [0.4, 0.5) is 5.69 Å². The number of aromatic nitrogens is 4. The van der Waals surface area contributed by atoms with E-state index in [2.05, 4.69) is 89.8 Å². The molecule has 2 heterocycles. The van der Waals surface area contributed by atoms with Gasteiger partial charge in [0.15, 0.2) is 0 Å². The van der Waals surface area contributed by atoms with Crippen molar-refractivity contribution in [3.8, 4) is 11.3 Å². The molecule has 0 aliphatic heterocycles. The molecule has 4 rings (SSSR count). The molecule has 194 valence electrons. The first-order chi connectivity index (χ1) is 18.2. The lowest BCUT2D eigenvalue weighted by atomic mass is 10.00. The minimum absolute atomic E-state index is 0.365. The molecular weight excluding hydrogens is 454 g/mol. The van der Waals surface area contributed by atoms with Crippen molar-refractivity contribution in [2.45, 2.75) is 84.1 Å². The Morgan fingerprint density at radius 2 is 1.68 bits per heavy atom. The van der Waals surface area contributed by atoms with Gasteiger partial charge in [-0.3, -0.25) is 0 Å². The number of unbranched alkanes of at least 4 members (excludes halogenated alkanes) is 4. The first-order valence-electron chi connectivity index (χ1n) is 14.0. The van der Waals surface area contributed by atoms with Gasteiger partial charge in [0.2, 0.25) is 0 Å². The molecule has 0 saturated carbocycles. The standard InChI is InChI=1S/C32H41N5/c1-3-4-5-6-8-12-25(2)32-36-29(16-11-15-26-13-9-7-10-14-26)23-30(37-32)27-17-19-28(20-18-27)35-24-31-33-21-22-34-31/h7,9-10,13-14,17-23,25,35H,3-6,8,11-12,15-16,24H2,1-2H3,(H,33,34). The molecule has 0 aliphatic carbocycles. The molecule has 4 aromatic rings. The number of hydrogen-bond donors (Lipinski definition) is 2. The fourth-order valence-corrected chi connectivity index (χ4v) is 4.66. The van der Waals surface area contributed by atoms with E-state index in [1.807, 2.05) is 6.20 Å². The molecule has 0 spiro atoms. The van der Waals surface area contributed by atoms with Crippen molar-refractivity contribution in [1.82, 2.24) is 19.9 Å². The summed E-state index contributed by atoms with van der Waals surface area (Å²) in [5, 5.41) is 3.42. The highest BCUT2D eigenvalue weighted by molar-refractivity contribution is 5.63. The topological polar surface area (TPSA) is 66.5 Å². The highest BCUT2D eigenvalue weighted by atomic mass is 15.0. The zero-order chi connectivity index (χ0) is 25.7. The highest BCUT2D eigenvalue weighted by Gasteiger charge is 2.13. The van der Waals surface area contributed by atoms with E-state index in [0.29, 0.717) is 12.5 Å². The molecule has 2 aromatic heterocycles. The Bertz CT molecular complexity index is 1170. The van der Waals surface area contributed by atoms with Crippen molar-refractivity contribution in [3.05, 3.63) is 96.0 Å². The third kappa shape index (κ3) is 8.56. The molecule has 0 amide bonds. The van der Waals surface area contributed by atoms with Gasteiger partial charge >= 0.3 is 0 Å². The van der Waals surface area contributed by atoms with Gasteiger partial charge in [-0.05, 0) is 49.4 Å². The fraction of sp³-hybridized carbons (Fsp3) is 0.406. The van der Waals surface area contributed by atoms with E-state index in [4.69, 9.17) is 9.97 Å².